The van der Waals surface area contributed by atoms with Crippen molar-refractivity contribution in [2.75, 3.05) is 0 Å². The SMILES string of the molecule is CC.CCc1cc(-c2ccccc2)sc1C(=O)O. The number of hydrogen-bond acceptors (Lipinski definition) is 2. The van der Waals surface area contributed by atoms with Crippen molar-refractivity contribution in [1.29, 1.82) is 0 Å². The summed E-state index contributed by atoms with van der Waals surface area (Å²) in [5.41, 5.74) is 1.99. The summed E-state index contributed by atoms with van der Waals surface area (Å²) in [6.07, 6.45) is 0.755. The van der Waals surface area contributed by atoms with E-state index in [4.69, 9.17) is 5.11 Å². The summed E-state index contributed by atoms with van der Waals surface area (Å²) in [6.45, 7) is 5.98. The number of carbonyl (C=O) groups is 1. The first-order chi connectivity index (χ1) is 8.72. The Morgan fingerprint density at radius 3 is 2.28 bits per heavy atom. The lowest BCUT2D eigenvalue weighted by Crippen LogP contribution is -1.95. The molecule has 18 heavy (non-hydrogen) atoms. The van der Waals surface area contributed by atoms with Gasteiger partial charge in [0.05, 0.1) is 0 Å². The van der Waals surface area contributed by atoms with Crippen LogP contribution in [0.15, 0.2) is 36.4 Å². The summed E-state index contributed by atoms with van der Waals surface area (Å²) in [5, 5.41) is 9.07. The van der Waals surface area contributed by atoms with Gasteiger partial charge in [0.2, 0.25) is 0 Å². The molecule has 0 atom stereocenters. The highest BCUT2D eigenvalue weighted by atomic mass is 32.1. The summed E-state index contributed by atoms with van der Waals surface area (Å²) in [5.74, 6) is -0.830. The molecule has 0 amide bonds. The fourth-order valence-electron chi connectivity index (χ4n) is 1.62. The average molecular weight is 262 g/mol. The number of aromatic carboxylic acids is 1. The fraction of sp³-hybridized carbons (Fsp3) is 0.267. The van der Waals surface area contributed by atoms with E-state index in [0.717, 1.165) is 22.4 Å². The number of benzene rings is 1. The van der Waals surface area contributed by atoms with Crippen LogP contribution in [0.5, 0.6) is 0 Å². The zero-order chi connectivity index (χ0) is 13.5. The van der Waals surface area contributed by atoms with Gasteiger partial charge in [-0.3, -0.25) is 0 Å². The molecule has 0 aliphatic rings. The average Bonchev–Trinajstić information content (AvgIpc) is 2.86. The lowest BCUT2D eigenvalue weighted by Gasteiger charge is -1.94. The Morgan fingerprint density at radius 2 is 1.83 bits per heavy atom. The molecular weight excluding hydrogens is 244 g/mol. The summed E-state index contributed by atoms with van der Waals surface area (Å²) in [4.78, 5) is 12.5. The molecule has 1 aromatic heterocycles. The van der Waals surface area contributed by atoms with E-state index in [9.17, 15) is 4.79 Å². The van der Waals surface area contributed by atoms with Crippen LogP contribution < -0.4 is 0 Å². The van der Waals surface area contributed by atoms with Crippen molar-refractivity contribution < 1.29 is 9.90 Å². The first kappa shape index (κ1) is 14.5. The topological polar surface area (TPSA) is 37.3 Å². The summed E-state index contributed by atoms with van der Waals surface area (Å²) >= 11 is 1.35. The van der Waals surface area contributed by atoms with Gasteiger partial charge in [0.25, 0.3) is 0 Å². The van der Waals surface area contributed by atoms with Crippen molar-refractivity contribution in [3.63, 3.8) is 0 Å². The van der Waals surface area contributed by atoms with Crippen LogP contribution >= 0.6 is 11.3 Å². The quantitative estimate of drug-likeness (QED) is 0.870. The second kappa shape index (κ2) is 6.97. The van der Waals surface area contributed by atoms with Gasteiger partial charge in [0.15, 0.2) is 0 Å². The van der Waals surface area contributed by atoms with Gasteiger partial charge in [-0.1, -0.05) is 51.1 Å². The van der Waals surface area contributed by atoms with Gasteiger partial charge in [-0.25, -0.2) is 4.79 Å². The first-order valence-electron chi connectivity index (χ1n) is 6.13. The second-order valence-corrected chi connectivity index (χ2v) is 4.54. The summed E-state index contributed by atoms with van der Waals surface area (Å²) in [7, 11) is 0. The van der Waals surface area contributed by atoms with Crippen LogP contribution in [0.4, 0.5) is 0 Å². The minimum Gasteiger partial charge on any atom is -0.477 e. The van der Waals surface area contributed by atoms with E-state index in [0.29, 0.717) is 4.88 Å². The minimum absolute atomic E-state index is 0.460. The maximum atomic E-state index is 11.0. The first-order valence-corrected chi connectivity index (χ1v) is 6.95. The molecule has 0 aliphatic heterocycles. The molecule has 0 radical (unpaired) electrons. The van der Waals surface area contributed by atoms with Crippen LogP contribution in [0.1, 0.15) is 36.0 Å². The molecule has 0 unspecified atom stereocenters. The minimum atomic E-state index is -0.830. The Hall–Kier alpha value is -1.61. The van der Waals surface area contributed by atoms with E-state index in [1.165, 1.54) is 11.3 Å². The highest BCUT2D eigenvalue weighted by Crippen LogP contribution is 2.31. The molecule has 0 saturated heterocycles. The van der Waals surface area contributed by atoms with Gasteiger partial charge in [-0.2, -0.15) is 0 Å². The molecule has 2 aromatic rings. The van der Waals surface area contributed by atoms with Crippen LogP contribution in [-0.4, -0.2) is 11.1 Å². The third-order valence-corrected chi connectivity index (χ3v) is 3.66. The molecule has 0 fully saturated rings. The molecule has 0 spiro atoms. The zero-order valence-corrected chi connectivity index (χ0v) is 11.8. The molecule has 0 bridgehead atoms. The van der Waals surface area contributed by atoms with Crippen LogP contribution in [0.3, 0.4) is 0 Å². The van der Waals surface area contributed by atoms with Gasteiger partial charge in [0.1, 0.15) is 4.88 Å². The normalized spacial score (nSPS) is 9.50. The molecule has 0 saturated carbocycles. The maximum absolute atomic E-state index is 11.0. The van der Waals surface area contributed by atoms with E-state index in [1.54, 1.807) is 0 Å². The van der Waals surface area contributed by atoms with E-state index in [2.05, 4.69) is 0 Å². The molecule has 1 heterocycles. The lowest BCUT2D eigenvalue weighted by atomic mass is 10.1. The van der Waals surface area contributed by atoms with Crippen LogP contribution in [-0.2, 0) is 6.42 Å². The molecule has 3 heteroatoms. The van der Waals surface area contributed by atoms with E-state index in [1.807, 2.05) is 57.2 Å². The Labute approximate surface area is 112 Å². The number of hydrogen-bond donors (Lipinski definition) is 1. The molecule has 2 rings (SSSR count). The van der Waals surface area contributed by atoms with E-state index in [-0.39, 0.29) is 0 Å². The second-order valence-electron chi connectivity index (χ2n) is 3.49. The van der Waals surface area contributed by atoms with Crippen molar-refractivity contribution in [3.05, 3.63) is 46.8 Å². The summed E-state index contributed by atoms with van der Waals surface area (Å²) in [6, 6.07) is 11.8. The Bertz CT molecular complexity index is 500. The van der Waals surface area contributed by atoms with Crippen molar-refractivity contribution in [2.24, 2.45) is 0 Å². The predicted octanol–water partition coefficient (Wildman–Crippen LogP) is 4.70. The van der Waals surface area contributed by atoms with Gasteiger partial charge >= 0.3 is 5.97 Å². The number of aryl methyl sites for hydroxylation is 1. The highest BCUT2D eigenvalue weighted by Gasteiger charge is 2.14. The van der Waals surface area contributed by atoms with Crippen LogP contribution in [0, 0.1) is 0 Å². The molecular formula is C15H18O2S. The van der Waals surface area contributed by atoms with Crippen molar-refractivity contribution in [1.82, 2.24) is 0 Å². The third-order valence-electron chi connectivity index (χ3n) is 2.44. The standard InChI is InChI=1S/C13H12O2S.C2H6/c1-2-9-8-11(16-12(9)13(14)15)10-6-4-3-5-7-10;1-2/h3-8H,2H2,1H3,(H,14,15);1-2H3. The Balaban J connectivity index is 0.000000771. The van der Waals surface area contributed by atoms with Crippen molar-refractivity contribution >= 4 is 17.3 Å². The van der Waals surface area contributed by atoms with Crippen molar-refractivity contribution in [2.45, 2.75) is 27.2 Å². The maximum Gasteiger partial charge on any atom is 0.346 e. The van der Waals surface area contributed by atoms with E-state index < -0.39 is 5.97 Å². The Morgan fingerprint density at radius 1 is 1.22 bits per heavy atom. The molecule has 0 aliphatic carbocycles. The molecule has 96 valence electrons. The smallest absolute Gasteiger partial charge is 0.346 e. The number of thiophene rings is 1. The third kappa shape index (κ3) is 3.20. The van der Waals surface area contributed by atoms with Gasteiger partial charge < -0.3 is 5.11 Å². The fourth-order valence-corrected chi connectivity index (χ4v) is 2.71. The predicted molar refractivity (Wildman–Crippen MR) is 77.4 cm³/mol. The number of carboxylic acid groups (broad SMARTS) is 1. The monoisotopic (exact) mass is 262 g/mol. The summed E-state index contributed by atoms with van der Waals surface area (Å²) < 4.78 is 0. The number of carboxylic acids is 1. The van der Waals surface area contributed by atoms with Crippen molar-refractivity contribution in [3.8, 4) is 10.4 Å². The van der Waals surface area contributed by atoms with Crippen LogP contribution in [0.25, 0.3) is 10.4 Å². The molecule has 1 aromatic carbocycles. The van der Waals surface area contributed by atoms with E-state index >= 15 is 0 Å². The highest BCUT2D eigenvalue weighted by molar-refractivity contribution is 7.17. The largest absolute Gasteiger partial charge is 0.477 e. The zero-order valence-electron chi connectivity index (χ0n) is 10.9. The molecule has 2 nitrogen and oxygen atoms in total. The van der Waals surface area contributed by atoms with Gasteiger partial charge in [-0.15, -0.1) is 11.3 Å². The van der Waals surface area contributed by atoms with Gasteiger partial charge in [-0.05, 0) is 23.6 Å². The number of rotatable bonds is 3. The van der Waals surface area contributed by atoms with Crippen LogP contribution in [0.2, 0.25) is 0 Å². The van der Waals surface area contributed by atoms with Gasteiger partial charge in [0, 0.05) is 4.88 Å². The Kier molecular flexibility index (Phi) is 5.59. The lowest BCUT2D eigenvalue weighted by molar-refractivity contribution is 0.0701. The molecule has 1 N–H and O–H groups in total.